The maximum Gasteiger partial charge on any atom is -0.00177 e. The van der Waals surface area contributed by atoms with Gasteiger partial charge >= 0.3 is 0 Å². The minimum Gasteiger partial charge on any atom is -0.316 e. The molecule has 1 heterocycles. The Bertz CT molecular complexity index is 151. The number of nitrogens with one attached hydrogen (secondary N) is 1. The first kappa shape index (κ1) is 11.0. The summed E-state index contributed by atoms with van der Waals surface area (Å²) in [4.78, 5) is 0. The van der Waals surface area contributed by atoms with E-state index in [4.69, 9.17) is 0 Å². The summed E-state index contributed by atoms with van der Waals surface area (Å²) in [6, 6.07) is 0. The molecule has 1 saturated carbocycles. The van der Waals surface area contributed by atoms with Crippen LogP contribution < -0.4 is 5.32 Å². The van der Waals surface area contributed by atoms with Gasteiger partial charge in [0.15, 0.2) is 0 Å². The second kappa shape index (κ2) is 4.45. The third-order valence-electron chi connectivity index (χ3n) is 3.77. The number of hydrogen-bond acceptors (Lipinski definition) is 1. The van der Waals surface area contributed by atoms with Crippen molar-refractivity contribution in [3.8, 4) is 0 Å². The summed E-state index contributed by atoms with van der Waals surface area (Å²) in [7, 11) is 0. The Hall–Kier alpha value is -0.0400. The minimum absolute atomic E-state index is 0.646. The Morgan fingerprint density at radius 3 is 2.46 bits per heavy atom. The monoisotopic (exact) mass is 183 g/mol. The molecular weight excluding hydrogens is 158 g/mol. The van der Waals surface area contributed by atoms with E-state index in [1.165, 1.54) is 32.4 Å². The second-order valence-corrected chi connectivity index (χ2v) is 4.89. The van der Waals surface area contributed by atoms with Gasteiger partial charge in [-0.1, -0.05) is 27.7 Å². The van der Waals surface area contributed by atoms with E-state index in [1.54, 1.807) is 0 Å². The first-order valence-electron chi connectivity index (χ1n) is 5.91. The lowest BCUT2D eigenvalue weighted by atomic mass is 9.75. The van der Waals surface area contributed by atoms with Crippen molar-refractivity contribution in [1.82, 2.24) is 5.32 Å². The molecule has 1 saturated heterocycles. The molecule has 78 valence electrons. The maximum absolute atomic E-state index is 3.49. The van der Waals surface area contributed by atoms with Gasteiger partial charge in [-0.25, -0.2) is 0 Å². The van der Waals surface area contributed by atoms with Gasteiger partial charge in [-0.15, -0.1) is 0 Å². The normalized spacial score (nSPS) is 36.0. The van der Waals surface area contributed by atoms with E-state index < -0.39 is 0 Å². The fourth-order valence-electron chi connectivity index (χ4n) is 3.00. The Morgan fingerprint density at radius 2 is 1.85 bits per heavy atom. The highest BCUT2D eigenvalue weighted by Gasteiger charge is 2.42. The predicted molar refractivity (Wildman–Crippen MR) is 58.8 cm³/mol. The quantitative estimate of drug-likeness (QED) is 0.608. The third kappa shape index (κ3) is 2.25. The van der Waals surface area contributed by atoms with Crippen LogP contribution in [-0.2, 0) is 0 Å². The Kier molecular flexibility index (Phi) is 3.78. The van der Waals surface area contributed by atoms with E-state index in [1.807, 2.05) is 13.8 Å². The zero-order chi connectivity index (χ0) is 9.90. The Labute approximate surface area is 83.3 Å². The number of piperidine rings is 1. The molecular formula is C12H25N. The SMILES string of the molecule is CC.CC1(C)CCC2CNCCC21. The molecule has 1 aliphatic heterocycles. The first-order valence-corrected chi connectivity index (χ1v) is 5.91. The molecule has 0 aromatic heterocycles. The average Bonchev–Trinajstić information content (AvgIpc) is 2.47. The van der Waals surface area contributed by atoms with Crippen molar-refractivity contribution in [3.63, 3.8) is 0 Å². The minimum atomic E-state index is 0.646. The van der Waals surface area contributed by atoms with Gasteiger partial charge in [0.25, 0.3) is 0 Å². The molecule has 1 nitrogen and oxygen atoms in total. The van der Waals surface area contributed by atoms with Crippen LogP contribution >= 0.6 is 0 Å². The van der Waals surface area contributed by atoms with Crippen molar-refractivity contribution in [3.05, 3.63) is 0 Å². The second-order valence-electron chi connectivity index (χ2n) is 4.89. The average molecular weight is 183 g/mol. The van der Waals surface area contributed by atoms with Crippen molar-refractivity contribution >= 4 is 0 Å². The van der Waals surface area contributed by atoms with E-state index >= 15 is 0 Å². The largest absolute Gasteiger partial charge is 0.316 e. The molecule has 0 aromatic rings. The number of hydrogen-bond donors (Lipinski definition) is 1. The molecule has 1 N–H and O–H groups in total. The molecule has 0 spiro atoms. The van der Waals surface area contributed by atoms with Gasteiger partial charge in [0, 0.05) is 0 Å². The van der Waals surface area contributed by atoms with Gasteiger partial charge in [-0.2, -0.15) is 0 Å². The van der Waals surface area contributed by atoms with Gasteiger partial charge in [0.2, 0.25) is 0 Å². The van der Waals surface area contributed by atoms with E-state index in [-0.39, 0.29) is 0 Å². The maximum atomic E-state index is 3.49. The molecule has 0 aromatic carbocycles. The van der Waals surface area contributed by atoms with Crippen molar-refractivity contribution in [2.24, 2.45) is 17.3 Å². The van der Waals surface area contributed by atoms with E-state index in [0.29, 0.717) is 5.41 Å². The predicted octanol–water partition coefficient (Wildman–Crippen LogP) is 3.06. The van der Waals surface area contributed by atoms with Crippen LogP contribution in [0.25, 0.3) is 0 Å². The first-order chi connectivity index (χ1) is 6.20. The summed E-state index contributed by atoms with van der Waals surface area (Å²) >= 11 is 0. The lowest BCUT2D eigenvalue weighted by Gasteiger charge is -2.34. The fourth-order valence-corrected chi connectivity index (χ4v) is 3.00. The number of rotatable bonds is 0. The van der Waals surface area contributed by atoms with E-state index in [2.05, 4.69) is 19.2 Å². The van der Waals surface area contributed by atoms with Crippen molar-refractivity contribution < 1.29 is 0 Å². The molecule has 2 rings (SSSR count). The molecule has 2 unspecified atom stereocenters. The molecule has 0 amide bonds. The van der Waals surface area contributed by atoms with Gasteiger partial charge in [0.1, 0.15) is 0 Å². The van der Waals surface area contributed by atoms with Crippen LogP contribution in [0.3, 0.4) is 0 Å². The fraction of sp³-hybridized carbons (Fsp3) is 1.00. The summed E-state index contributed by atoms with van der Waals surface area (Å²) in [6.07, 6.45) is 4.33. The third-order valence-corrected chi connectivity index (χ3v) is 3.77. The summed E-state index contributed by atoms with van der Waals surface area (Å²) in [6.45, 7) is 11.4. The van der Waals surface area contributed by atoms with Crippen LogP contribution in [0.4, 0.5) is 0 Å². The Balaban J connectivity index is 0.000000396. The molecule has 1 heteroatoms. The molecule has 2 aliphatic rings. The number of fused-ring (bicyclic) bond motifs is 1. The standard InChI is InChI=1S/C10H19N.C2H6/c1-10(2)5-3-8-7-11-6-4-9(8)10;1-2/h8-9,11H,3-7H2,1-2H3;1-2H3. The summed E-state index contributed by atoms with van der Waals surface area (Å²) in [5.74, 6) is 2.02. The smallest absolute Gasteiger partial charge is 0.00177 e. The van der Waals surface area contributed by atoms with E-state index in [0.717, 1.165) is 11.8 Å². The van der Waals surface area contributed by atoms with Gasteiger partial charge in [0.05, 0.1) is 0 Å². The van der Waals surface area contributed by atoms with Crippen LogP contribution in [0.15, 0.2) is 0 Å². The lowest BCUT2D eigenvalue weighted by molar-refractivity contribution is 0.175. The molecule has 13 heavy (non-hydrogen) atoms. The molecule has 0 bridgehead atoms. The summed E-state index contributed by atoms with van der Waals surface area (Å²) < 4.78 is 0. The highest BCUT2D eigenvalue weighted by Crippen LogP contribution is 2.48. The van der Waals surface area contributed by atoms with E-state index in [9.17, 15) is 0 Å². The van der Waals surface area contributed by atoms with Gasteiger partial charge in [-0.3, -0.25) is 0 Å². The van der Waals surface area contributed by atoms with Gasteiger partial charge < -0.3 is 5.32 Å². The molecule has 1 aliphatic carbocycles. The summed E-state index contributed by atoms with van der Waals surface area (Å²) in [5.41, 5.74) is 0.646. The highest BCUT2D eigenvalue weighted by molar-refractivity contribution is 4.94. The van der Waals surface area contributed by atoms with Crippen LogP contribution in [0.1, 0.15) is 47.0 Å². The lowest BCUT2D eigenvalue weighted by Crippen LogP contribution is -2.37. The van der Waals surface area contributed by atoms with Crippen LogP contribution in [0, 0.1) is 17.3 Å². The molecule has 2 fully saturated rings. The zero-order valence-corrected chi connectivity index (χ0v) is 9.69. The van der Waals surface area contributed by atoms with Gasteiger partial charge in [-0.05, 0) is 49.6 Å². The van der Waals surface area contributed by atoms with Crippen molar-refractivity contribution in [1.29, 1.82) is 0 Å². The summed E-state index contributed by atoms with van der Waals surface area (Å²) in [5, 5.41) is 3.49. The van der Waals surface area contributed by atoms with Crippen LogP contribution in [0.2, 0.25) is 0 Å². The highest BCUT2D eigenvalue weighted by atomic mass is 14.9. The van der Waals surface area contributed by atoms with Crippen molar-refractivity contribution in [2.45, 2.75) is 47.0 Å². The Morgan fingerprint density at radius 1 is 1.15 bits per heavy atom. The topological polar surface area (TPSA) is 12.0 Å². The van der Waals surface area contributed by atoms with Crippen molar-refractivity contribution in [2.75, 3.05) is 13.1 Å². The van der Waals surface area contributed by atoms with Crippen LogP contribution in [0.5, 0.6) is 0 Å². The molecule has 0 radical (unpaired) electrons. The zero-order valence-electron chi connectivity index (χ0n) is 9.69. The molecule has 2 atom stereocenters. The van der Waals surface area contributed by atoms with Crippen LogP contribution in [-0.4, -0.2) is 13.1 Å².